The summed E-state index contributed by atoms with van der Waals surface area (Å²) in [6.07, 6.45) is -5.07. The number of carboxylic acid groups (broad SMARTS) is 1. The van der Waals surface area contributed by atoms with E-state index in [1.165, 1.54) is 6.92 Å². The summed E-state index contributed by atoms with van der Waals surface area (Å²) in [7, 11) is 0. The van der Waals surface area contributed by atoms with E-state index in [9.17, 15) is 36.2 Å². The van der Waals surface area contributed by atoms with E-state index in [2.05, 4.69) is 0 Å². The Balaban J connectivity index is 0.00000387. The number of benzene rings is 2. The van der Waals surface area contributed by atoms with Gasteiger partial charge in [-0.1, -0.05) is 19.1 Å². The fraction of sp³-hybridized carbons (Fsp3) is 0.567. The predicted octanol–water partition coefficient (Wildman–Crippen LogP) is 3.53. The van der Waals surface area contributed by atoms with Gasteiger partial charge in [-0.05, 0) is 98.2 Å². The zero-order chi connectivity index (χ0) is 29.0. The van der Waals surface area contributed by atoms with Crippen molar-refractivity contribution in [2.45, 2.75) is 82.3 Å². The van der Waals surface area contributed by atoms with Crippen LogP contribution in [0.5, 0.6) is 5.75 Å². The van der Waals surface area contributed by atoms with E-state index in [1.807, 2.05) is 18.2 Å². The fourth-order valence-corrected chi connectivity index (χ4v) is 6.51. The molecule has 5 rings (SSSR count). The van der Waals surface area contributed by atoms with E-state index < -0.39 is 47.0 Å². The van der Waals surface area contributed by atoms with Gasteiger partial charge in [-0.25, -0.2) is 0 Å². The molecule has 2 aromatic carbocycles. The normalized spacial score (nSPS) is 21.3. The summed E-state index contributed by atoms with van der Waals surface area (Å²) in [5.41, 5.74) is -1.13. The third-order valence-electron chi connectivity index (χ3n) is 9.08. The number of nitrogens with zero attached hydrogens (tertiary/aromatic N) is 1. The molecule has 0 unspecified atom stereocenters. The number of hydrogen-bond donors (Lipinski definition) is 0. The topological polar surface area (TPSA) is 52.6 Å². The minimum atomic E-state index is -4.77. The summed E-state index contributed by atoms with van der Waals surface area (Å²) >= 11 is 0. The van der Waals surface area contributed by atoms with Crippen LogP contribution in [0, 0.1) is 11.8 Å². The van der Waals surface area contributed by atoms with Crippen molar-refractivity contribution in [2.24, 2.45) is 11.8 Å². The smallest absolute Gasteiger partial charge is 0.550 e. The molecule has 2 aromatic rings. The molecule has 0 amide bonds. The monoisotopic (exact) mass is 591 g/mol. The molecule has 0 radical (unpaired) electrons. The van der Waals surface area contributed by atoms with Gasteiger partial charge in [-0.3, -0.25) is 4.90 Å². The van der Waals surface area contributed by atoms with E-state index in [-0.39, 0.29) is 41.0 Å². The number of aliphatic carboxylic acids is 1. The van der Waals surface area contributed by atoms with Crippen LogP contribution in [0.3, 0.4) is 0 Å². The van der Waals surface area contributed by atoms with Crippen molar-refractivity contribution in [1.29, 1.82) is 0 Å². The van der Waals surface area contributed by atoms with Gasteiger partial charge in [0, 0.05) is 31.0 Å². The molecule has 0 aromatic heterocycles. The number of rotatable bonds is 6. The molecular weight excluding hydrogens is 559 g/mol. The van der Waals surface area contributed by atoms with Gasteiger partial charge < -0.3 is 14.6 Å². The van der Waals surface area contributed by atoms with Crippen molar-refractivity contribution >= 4 is 5.97 Å². The standard InChI is InChI=1S/C30H33F6NO3.Na/c1-17(27(38)39)26(20-4-5-20)21-6-3-19-9-10-28(40-25(19)15-21)11-13-37(14-12-28)18(2)23-16-22(29(31,32)33)7-8-24(23)30(34,35)36;/h3,6-8,15-18,20,26H,4-5,9-14H2,1-2H3,(H,38,39);/q;+1/p-1/t17-,18+,26-;/m0./s1. The zero-order valence-electron chi connectivity index (χ0n) is 23.4. The summed E-state index contributed by atoms with van der Waals surface area (Å²) in [5.74, 6) is -0.868. The van der Waals surface area contributed by atoms with Crippen molar-refractivity contribution in [3.8, 4) is 5.75 Å². The second-order valence-corrected chi connectivity index (χ2v) is 11.6. The summed E-state index contributed by atoms with van der Waals surface area (Å²) in [4.78, 5) is 13.4. The minimum Gasteiger partial charge on any atom is -0.550 e. The van der Waals surface area contributed by atoms with Crippen molar-refractivity contribution in [3.05, 3.63) is 64.2 Å². The van der Waals surface area contributed by atoms with E-state index >= 15 is 0 Å². The molecule has 1 saturated carbocycles. The Morgan fingerprint density at radius 2 is 1.63 bits per heavy atom. The summed E-state index contributed by atoms with van der Waals surface area (Å²) < 4.78 is 87.7. The third-order valence-corrected chi connectivity index (χ3v) is 9.08. The van der Waals surface area contributed by atoms with Crippen LogP contribution in [-0.4, -0.2) is 29.6 Å². The number of hydrogen-bond acceptors (Lipinski definition) is 4. The SMILES string of the molecule is C[C@H](C(=O)[O-])[C@H](c1ccc2c(c1)OC1(CC2)CCN([C@H](C)c2cc(C(F)(F)F)ccc2C(F)(F)F)CC1)C1CC1.[Na+]. The molecule has 0 N–H and O–H groups in total. The number of carbonyl (C=O) groups excluding carboxylic acids is 1. The number of alkyl halides is 6. The number of ether oxygens (including phenoxy) is 1. The molecule has 3 aliphatic rings. The van der Waals surface area contributed by atoms with Crippen molar-refractivity contribution < 1.29 is 70.5 Å². The largest absolute Gasteiger partial charge is 1.00 e. The molecule has 2 aliphatic heterocycles. The van der Waals surface area contributed by atoms with Crippen LogP contribution in [0.4, 0.5) is 26.3 Å². The quantitative estimate of drug-likeness (QED) is 0.381. The zero-order valence-corrected chi connectivity index (χ0v) is 25.4. The second-order valence-electron chi connectivity index (χ2n) is 11.6. The number of fused-ring (bicyclic) bond motifs is 1. The number of piperidine rings is 1. The van der Waals surface area contributed by atoms with Gasteiger partial charge in [0.2, 0.25) is 0 Å². The molecule has 11 heteroatoms. The minimum absolute atomic E-state index is 0. The maximum atomic E-state index is 13.7. The molecule has 0 bridgehead atoms. The molecule has 41 heavy (non-hydrogen) atoms. The second kappa shape index (κ2) is 11.7. The first-order valence-corrected chi connectivity index (χ1v) is 13.7. The molecule has 1 aliphatic carbocycles. The number of carbonyl (C=O) groups is 1. The van der Waals surface area contributed by atoms with Crippen LogP contribution in [0.1, 0.15) is 85.7 Å². The van der Waals surface area contributed by atoms with Gasteiger partial charge in [0.15, 0.2) is 0 Å². The number of aryl methyl sites for hydroxylation is 1. The maximum Gasteiger partial charge on any atom is 1.00 e. The molecule has 4 nitrogen and oxygen atoms in total. The first-order valence-electron chi connectivity index (χ1n) is 13.7. The number of halogens is 6. The van der Waals surface area contributed by atoms with Gasteiger partial charge in [-0.15, -0.1) is 0 Å². The fourth-order valence-electron chi connectivity index (χ4n) is 6.51. The summed E-state index contributed by atoms with van der Waals surface area (Å²) in [5, 5.41) is 11.6. The maximum absolute atomic E-state index is 13.7. The Bertz CT molecular complexity index is 1270. The first kappa shape index (κ1) is 32.2. The Morgan fingerprint density at radius 1 is 0.976 bits per heavy atom. The van der Waals surface area contributed by atoms with Gasteiger partial charge in [0.1, 0.15) is 11.4 Å². The van der Waals surface area contributed by atoms with E-state index in [4.69, 9.17) is 4.74 Å². The molecule has 3 atom stereocenters. The van der Waals surface area contributed by atoms with Crippen molar-refractivity contribution in [2.75, 3.05) is 13.1 Å². The van der Waals surface area contributed by atoms with Crippen LogP contribution >= 0.6 is 0 Å². The Hall–Kier alpha value is -1.75. The summed E-state index contributed by atoms with van der Waals surface area (Å²) in [6.45, 7) is 3.93. The molecule has 218 valence electrons. The molecule has 1 spiro atoms. The van der Waals surface area contributed by atoms with Gasteiger partial charge in [0.25, 0.3) is 0 Å². The van der Waals surface area contributed by atoms with Gasteiger partial charge in [-0.2, -0.15) is 26.3 Å². The molecule has 2 fully saturated rings. The average Bonchev–Trinajstić information content (AvgIpc) is 3.72. The van der Waals surface area contributed by atoms with E-state index in [0.29, 0.717) is 55.8 Å². The van der Waals surface area contributed by atoms with Crippen LogP contribution in [0.2, 0.25) is 0 Å². The average molecular weight is 592 g/mol. The van der Waals surface area contributed by atoms with E-state index in [1.54, 1.807) is 11.8 Å². The third kappa shape index (κ3) is 6.76. The predicted molar refractivity (Wildman–Crippen MR) is 133 cm³/mol. The van der Waals surface area contributed by atoms with Gasteiger partial charge in [0.05, 0.1) is 11.1 Å². The van der Waals surface area contributed by atoms with Gasteiger partial charge >= 0.3 is 41.9 Å². The summed E-state index contributed by atoms with van der Waals surface area (Å²) in [6, 6.07) is 6.65. The first-order chi connectivity index (χ1) is 18.7. The van der Waals surface area contributed by atoms with E-state index in [0.717, 1.165) is 36.8 Å². The van der Waals surface area contributed by atoms with Crippen LogP contribution in [0.15, 0.2) is 36.4 Å². The molecule has 2 heterocycles. The number of likely N-dealkylation sites (tertiary alicyclic amines) is 1. The number of carboxylic acids is 1. The van der Waals surface area contributed by atoms with Crippen LogP contribution in [-0.2, 0) is 23.6 Å². The van der Waals surface area contributed by atoms with Crippen LogP contribution in [0.25, 0.3) is 0 Å². The molecule has 1 saturated heterocycles. The molecular formula is C30H32F6NNaO3. The van der Waals surface area contributed by atoms with Crippen LogP contribution < -0.4 is 39.4 Å². The van der Waals surface area contributed by atoms with Crippen molar-refractivity contribution in [1.82, 2.24) is 4.90 Å². The van der Waals surface area contributed by atoms with Crippen molar-refractivity contribution in [3.63, 3.8) is 0 Å². The Labute approximate surface area is 257 Å². The Morgan fingerprint density at radius 3 is 2.20 bits per heavy atom. The Kier molecular flexibility index (Phi) is 9.21.